The van der Waals surface area contributed by atoms with Crippen molar-refractivity contribution in [3.63, 3.8) is 0 Å². The second-order valence-corrected chi connectivity index (χ2v) is 6.05. The first-order valence-corrected chi connectivity index (χ1v) is 7.22. The Morgan fingerprint density at radius 2 is 1.89 bits per heavy atom. The summed E-state index contributed by atoms with van der Waals surface area (Å²) in [5.74, 6) is -2.36. The number of halogens is 3. The van der Waals surface area contributed by atoms with E-state index in [9.17, 15) is 13.6 Å². The van der Waals surface area contributed by atoms with Crippen LogP contribution in [-0.2, 0) is 0 Å². The van der Waals surface area contributed by atoms with Gasteiger partial charge in [-0.1, -0.05) is 12.8 Å². The molecule has 19 heavy (non-hydrogen) atoms. The van der Waals surface area contributed by atoms with Crippen LogP contribution in [0.1, 0.15) is 36.0 Å². The molecule has 1 fully saturated rings. The smallest absolute Gasteiger partial charge is 0.252 e. The highest BCUT2D eigenvalue weighted by Gasteiger charge is 2.34. The van der Waals surface area contributed by atoms with Crippen LogP contribution in [0.15, 0.2) is 12.1 Å². The first kappa shape index (κ1) is 14.6. The van der Waals surface area contributed by atoms with E-state index < -0.39 is 23.1 Å². The SMILES string of the molecule is NCC1(NC(=O)c2cc(F)c(F)cc2I)CCCC1. The standard InChI is InChI=1S/C13H15F2IN2O/c14-9-5-8(11(16)6-10(9)15)12(19)18-13(7-17)3-1-2-4-13/h5-6H,1-4,7,17H2,(H,18,19). The highest BCUT2D eigenvalue weighted by atomic mass is 127. The van der Waals surface area contributed by atoms with E-state index in [2.05, 4.69) is 5.32 Å². The van der Waals surface area contributed by atoms with Crippen LogP contribution in [0.3, 0.4) is 0 Å². The molecular weight excluding hydrogens is 365 g/mol. The zero-order chi connectivity index (χ0) is 14.0. The first-order chi connectivity index (χ1) is 8.97. The third-order valence-electron chi connectivity index (χ3n) is 3.58. The Morgan fingerprint density at radius 1 is 1.32 bits per heavy atom. The Bertz CT molecular complexity index is 502. The lowest BCUT2D eigenvalue weighted by Crippen LogP contribution is -2.51. The van der Waals surface area contributed by atoms with Gasteiger partial charge in [0.1, 0.15) is 0 Å². The molecule has 0 bridgehead atoms. The summed E-state index contributed by atoms with van der Waals surface area (Å²) in [6, 6.07) is 1.96. The Kier molecular flexibility index (Phi) is 4.39. The summed E-state index contributed by atoms with van der Waals surface area (Å²) in [5, 5.41) is 2.89. The number of hydrogen-bond acceptors (Lipinski definition) is 2. The molecule has 1 aliphatic carbocycles. The maximum Gasteiger partial charge on any atom is 0.252 e. The van der Waals surface area contributed by atoms with Crippen molar-refractivity contribution in [3.8, 4) is 0 Å². The molecule has 2 rings (SSSR count). The van der Waals surface area contributed by atoms with Crippen molar-refractivity contribution in [2.75, 3.05) is 6.54 Å². The van der Waals surface area contributed by atoms with Gasteiger partial charge in [-0.3, -0.25) is 4.79 Å². The molecule has 6 heteroatoms. The van der Waals surface area contributed by atoms with Crippen LogP contribution in [-0.4, -0.2) is 18.0 Å². The van der Waals surface area contributed by atoms with E-state index in [0.29, 0.717) is 10.1 Å². The van der Waals surface area contributed by atoms with Crippen molar-refractivity contribution in [1.82, 2.24) is 5.32 Å². The number of rotatable bonds is 3. The highest BCUT2D eigenvalue weighted by molar-refractivity contribution is 14.1. The summed E-state index contributed by atoms with van der Waals surface area (Å²) < 4.78 is 26.7. The van der Waals surface area contributed by atoms with Gasteiger partial charge in [-0.15, -0.1) is 0 Å². The van der Waals surface area contributed by atoms with Gasteiger partial charge in [0.05, 0.1) is 11.1 Å². The van der Waals surface area contributed by atoms with Crippen LogP contribution in [0.4, 0.5) is 8.78 Å². The predicted octanol–water partition coefficient (Wildman–Crippen LogP) is 2.57. The molecule has 0 aromatic heterocycles. The van der Waals surface area contributed by atoms with Gasteiger partial charge < -0.3 is 11.1 Å². The molecule has 0 atom stereocenters. The topological polar surface area (TPSA) is 55.1 Å². The summed E-state index contributed by atoms with van der Waals surface area (Å²) in [5.41, 5.74) is 5.49. The van der Waals surface area contributed by atoms with Gasteiger partial charge in [-0.25, -0.2) is 8.78 Å². The van der Waals surface area contributed by atoms with E-state index in [4.69, 9.17) is 5.73 Å². The highest BCUT2D eigenvalue weighted by Crippen LogP contribution is 2.29. The van der Waals surface area contributed by atoms with Gasteiger partial charge in [0, 0.05) is 10.1 Å². The van der Waals surface area contributed by atoms with E-state index in [-0.39, 0.29) is 5.56 Å². The van der Waals surface area contributed by atoms with Crippen molar-refractivity contribution >= 4 is 28.5 Å². The largest absolute Gasteiger partial charge is 0.345 e. The summed E-state index contributed by atoms with van der Waals surface area (Å²) >= 11 is 1.82. The zero-order valence-corrected chi connectivity index (χ0v) is 12.5. The minimum Gasteiger partial charge on any atom is -0.345 e. The Hall–Kier alpha value is -0.760. The average Bonchev–Trinajstić information content (AvgIpc) is 2.83. The molecule has 0 aliphatic heterocycles. The lowest BCUT2D eigenvalue weighted by atomic mass is 9.97. The molecule has 1 aromatic carbocycles. The van der Waals surface area contributed by atoms with E-state index in [0.717, 1.165) is 37.8 Å². The van der Waals surface area contributed by atoms with E-state index in [1.54, 1.807) is 0 Å². The van der Waals surface area contributed by atoms with Crippen LogP contribution in [0.2, 0.25) is 0 Å². The predicted molar refractivity (Wildman–Crippen MR) is 76.8 cm³/mol. The molecule has 0 spiro atoms. The molecule has 0 heterocycles. The lowest BCUT2D eigenvalue weighted by Gasteiger charge is -2.28. The number of nitrogens with one attached hydrogen (secondary N) is 1. The summed E-state index contributed by atoms with van der Waals surface area (Å²) in [6.45, 7) is 0.360. The number of carbonyl (C=O) groups excluding carboxylic acids is 1. The van der Waals surface area contributed by atoms with Gasteiger partial charge in [0.15, 0.2) is 11.6 Å². The van der Waals surface area contributed by atoms with Crippen LogP contribution >= 0.6 is 22.6 Å². The van der Waals surface area contributed by atoms with Crippen molar-refractivity contribution in [2.24, 2.45) is 5.73 Å². The minimum atomic E-state index is -1.02. The van der Waals surface area contributed by atoms with Crippen LogP contribution < -0.4 is 11.1 Å². The van der Waals surface area contributed by atoms with Crippen LogP contribution in [0, 0.1) is 15.2 Å². The summed E-state index contributed by atoms with van der Waals surface area (Å²) in [7, 11) is 0. The molecule has 104 valence electrons. The van der Waals surface area contributed by atoms with Gasteiger partial charge in [-0.2, -0.15) is 0 Å². The Balaban J connectivity index is 2.22. The zero-order valence-electron chi connectivity index (χ0n) is 10.3. The van der Waals surface area contributed by atoms with E-state index >= 15 is 0 Å². The number of benzene rings is 1. The van der Waals surface area contributed by atoms with Crippen molar-refractivity contribution in [2.45, 2.75) is 31.2 Å². The van der Waals surface area contributed by atoms with Gasteiger partial charge >= 0.3 is 0 Å². The monoisotopic (exact) mass is 380 g/mol. The van der Waals surface area contributed by atoms with E-state index in [1.165, 1.54) is 0 Å². The van der Waals surface area contributed by atoms with E-state index in [1.807, 2.05) is 22.6 Å². The van der Waals surface area contributed by atoms with Gasteiger partial charge in [-0.05, 0) is 47.6 Å². The molecule has 3 nitrogen and oxygen atoms in total. The number of nitrogens with two attached hydrogens (primary N) is 1. The number of hydrogen-bond donors (Lipinski definition) is 2. The fourth-order valence-corrected chi connectivity index (χ4v) is 3.11. The molecule has 0 unspecified atom stereocenters. The number of carbonyl (C=O) groups is 1. The summed E-state index contributed by atoms with van der Waals surface area (Å²) in [4.78, 5) is 12.2. The van der Waals surface area contributed by atoms with Gasteiger partial charge in [0.2, 0.25) is 0 Å². The third-order valence-corrected chi connectivity index (χ3v) is 4.48. The molecule has 1 aliphatic rings. The van der Waals surface area contributed by atoms with Gasteiger partial charge in [0.25, 0.3) is 5.91 Å². The number of amides is 1. The van der Waals surface area contributed by atoms with Crippen molar-refractivity contribution < 1.29 is 13.6 Å². The third kappa shape index (κ3) is 3.05. The minimum absolute atomic E-state index is 0.152. The van der Waals surface area contributed by atoms with Crippen molar-refractivity contribution in [3.05, 3.63) is 32.9 Å². The molecule has 1 amide bonds. The maximum absolute atomic E-state index is 13.2. The van der Waals surface area contributed by atoms with Crippen LogP contribution in [0.5, 0.6) is 0 Å². The molecule has 1 aromatic rings. The molecule has 0 saturated heterocycles. The summed E-state index contributed by atoms with van der Waals surface area (Å²) in [6.07, 6.45) is 3.70. The Labute approximate surface area is 124 Å². The molecule has 1 saturated carbocycles. The molecular formula is C13H15F2IN2O. The Morgan fingerprint density at radius 3 is 2.47 bits per heavy atom. The lowest BCUT2D eigenvalue weighted by molar-refractivity contribution is 0.0901. The molecule has 3 N–H and O–H groups in total. The first-order valence-electron chi connectivity index (χ1n) is 6.14. The normalized spacial score (nSPS) is 17.5. The average molecular weight is 380 g/mol. The molecule has 0 radical (unpaired) electrons. The van der Waals surface area contributed by atoms with Crippen LogP contribution in [0.25, 0.3) is 0 Å². The quantitative estimate of drug-likeness (QED) is 0.626. The second-order valence-electron chi connectivity index (χ2n) is 4.89. The second kappa shape index (κ2) is 5.70. The fraction of sp³-hybridized carbons (Fsp3) is 0.462. The fourth-order valence-electron chi connectivity index (χ4n) is 2.44. The maximum atomic E-state index is 13.2. The van der Waals surface area contributed by atoms with Crippen molar-refractivity contribution in [1.29, 1.82) is 0 Å².